The number of rotatable bonds is 15. The molecule has 3 rings (SSSR count). The molecular weight excluding hydrogens is 635 g/mol. The molecule has 0 aliphatic heterocycles. The fourth-order valence-corrected chi connectivity index (χ4v) is 4.52. The monoisotopic (exact) mass is 681 g/mol. The Morgan fingerprint density at radius 3 is 2.35 bits per heavy atom. The van der Waals surface area contributed by atoms with Crippen LogP contribution in [0.3, 0.4) is 0 Å². The normalized spacial score (nSPS) is 13.3. The second-order valence-electron chi connectivity index (χ2n) is 13.0. The molecular formula is C32H46F3N7O6. The lowest BCUT2D eigenvalue weighted by Crippen LogP contribution is -2.40. The van der Waals surface area contributed by atoms with E-state index in [0.29, 0.717) is 12.2 Å². The quantitative estimate of drug-likeness (QED) is 0.180. The summed E-state index contributed by atoms with van der Waals surface area (Å²) in [6.45, 7) is 14.6. The van der Waals surface area contributed by atoms with Crippen molar-refractivity contribution >= 4 is 17.8 Å². The van der Waals surface area contributed by atoms with Gasteiger partial charge in [0.2, 0.25) is 12.1 Å². The number of carbonyl (C=O) groups is 2. The second-order valence-corrected chi connectivity index (χ2v) is 13.0. The van der Waals surface area contributed by atoms with Crippen molar-refractivity contribution in [3.63, 3.8) is 0 Å². The minimum atomic E-state index is -2.50. The number of nitrogens with one attached hydrogen (secondary N) is 1. The first-order chi connectivity index (χ1) is 22.5. The lowest BCUT2D eigenvalue weighted by atomic mass is 10.1. The zero-order valence-corrected chi connectivity index (χ0v) is 28.8. The third-order valence-electron chi connectivity index (χ3n) is 6.74. The maximum atomic E-state index is 15.1. The van der Waals surface area contributed by atoms with Crippen LogP contribution in [0.1, 0.15) is 86.4 Å². The van der Waals surface area contributed by atoms with E-state index in [9.17, 15) is 18.4 Å². The van der Waals surface area contributed by atoms with Gasteiger partial charge in [0.1, 0.15) is 17.8 Å². The average molecular weight is 682 g/mol. The Hall–Kier alpha value is -4.21. The van der Waals surface area contributed by atoms with Crippen molar-refractivity contribution in [3.8, 4) is 17.3 Å². The van der Waals surface area contributed by atoms with E-state index in [4.69, 9.17) is 18.9 Å². The van der Waals surface area contributed by atoms with Gasteiger partial charge in [-0.2, -0.15) is 4.98 Å². The largest absolute Gasteiger partial charge is 0.472 e. The number of carbonyl (C=O) groups excluding carboxylic acids is 2. The highest BCUT2D eigenvalue weighted by atomic mass is 19.3. The Bertz CT molecular complexity index is 1510. The van der Waals surface area contributed by atoms with Gasteiger partial charge in [-0.1, -0.05) is 0 Å². The molecule has 0 fully saturated rings. The van der Waals surface area contributed by atoms with Crippen LogP contribution in [-0.2, 0) is 14.2 Å². The lowest BCUT2D eigenvalue weighted by Gasteiger charge is -2.30. The molecule has 3 aromatic rings. The molecule has 0 radical (unpaired) electrons. The number of alkyl carbamates (subject to hydrolysis) is 1. The first kappa shape index (κ1) is 38.2. The van der Waals surface area contributed by atoms with E-state index < -0.39 is 47.7 Å². The highest BCUT2D eigenvalue weighted by Gasteiger charge is 2.28. The number of fused-ring (bicyclic) bond motifs is 1. The fourth-order valence-electron chi connectivity index (χ4n) is 4.52. The number of pyridine rings is 1. The van der Waals surface area contributed by atoms with Crippen molar-refractivity contribution in [2.75, 3.05) is 26.4 Å². The molecule has 3 aromatic heterocycles. The molecule has 48 heavy (non-hydrogen) atoms. The summed E-state index contributed by atoms with van der Waals surface area (Å²) in [5.41, 5.74) is -0.696. The number of hydrogen-bond acceptors (Lipinski definition) is 10. The Morgan fingerprint density at radius 1 is 1.00 bits per heavy atom. The van der Waals surface area contributed by atoms with Crippen LogP contribution < -0.4 is 10.1 Å². The summed E-state index contributed by atoms with van der Waals surface area (Å²) in [4.78, 5) is 39.3. The molecule has 2 atom stereocenters. The molecule has 16 heteroatoms. The number of ether oxygens (including phenoxy) is 4. The summed E-state index contributed by atoms with van der Waals surface area (Å²) in [7, 11) is 0. The van der Waals surface area contributed by atoms with Crippen LogP contribution in [0.15, 0.2) is 24.7 Å². The van der Waals surface area contributed by atoms with Gasteiger partial charge < -0.3 is 29.2 Å². The predicted octanol–water partition coefficient (Wildman–Crippen LogP) is 6.37. The predicted molar refractivity (Wildman–Crippen MR) is 170 cm³/mol. The number of halogens is 3. The van der Waals surface area contributed by atoms with Crippen molar-refractivity contribution in [1.29, 1.82) is 0 Å². The number of amides is 2. The smallest absolute Gasteiger partial charge is 0.410 e. The molecule has 2 amide bonds. The number of nitrogens with zero attached hydrogens (tertiary/aromatic N) is 6. The van der Waals surface area contributed by atoms with E-state index in [-0.39, 0.29) is 62.0 Å². The van der Waals surface area contributed by atoms with Gasteiger partial charge in [-0.25, -0.2) is 32.3 Å². The van der Waals surface area contributed by atoms with Gasteiger partial charge in [0.25, 0.3) is 5.88 Å². The minimum Gasteiger partial charge on any atom is -0.472 e. The average Bonchev–Trinajstić information content (AvgIpc) is 3.45. The minimum absolute atomic E-state index is 0.000161. The van der Waals surface area contributed by atoms with Crippen molar-refractivity contribution in [1.82, 2.24) is 34.8 Å². The van der Waals surface area contributed by atoms with Crippen LogP contribution in [0.5, 0.6) is 5.88 Å². The van der Waals surface area contributed by atoms with Crippen LogP contribution in [0.25, 0.3) is 17.0 Å². The molecule has 0 saturated heterocycles. The third-order valence-corrected chi connectivity index (χ3v) is 6.74. The summed E-state index contributed by atoms with van der Waals surface area (Å²) in [6.07, 6.45) is 0.342. The Balaban J connectivity index is 1.68. The molecule has 0 spiro atoms. The summed E-state index contributed by atoms with van der Waals surface area (Å²) in [6, 6.07) is 0.358. The molecule has 0 saturated carbocycles. The van der Waals surface area contributed by atoms with Crippen LogP contribution in [0, 0.1) is 5.82 Å². The summed E-state index contributed by atoms with van der Waals surface area (Å²) in [5.74, 6) is -0.605. The molecule has 13 nitrogen and oxygen atoms in total. The number of imidazole rings is 1. The molecule has 0 aliphatic rings. The van der Waals surface area contributed by atoms with Gasteiger partial charge in [-0.3, -0.25) is 4.98 Å². The molecule has 1 unspecified atom stereocenters. The van der Waals surface area contributed by atoms with Crippen LogP contribution in [0.2, 0.25) is 0 Å². The zero-order chi connectivity index (χ0) is 35.6. The standard InChI is InChI=1S/C32H46F3N7O6/c1-9-41(30(44)48-32(6,7)8)20(2)24-18-22(23(33)19-37-24)26-39-28(27-36-13-14-42(27)40-26)46-17-16-45-15-12-21(10-11-25(34)35)38-29(43)47-31(3,4)5/h13-14,18-21,25H,9-12,15-17H2,1-8H3,(H,38,43)/t20-,21?/m1/s1. The van der Waals surface area contributed by atoms with Crippen molar-refractivity contribution < 1.29 is 41.7 Å². The van der Waals surface area contributed by atoms with Gasteiger partial charge in [0.15, 0.2) is 11.6 Å². The second kappa shape index (κ2) is 16.8. The van der Waals surface area contributed by atoms with Crippen molar-refractivity contribution in [3.05, 3.63) is 36.2 Å². The zero-order valence-electron chi connectivity index (χ0n) is 28.8. The lowest BCUT2D eigenvalue weighted by molar-refractivity contribution is 0.0182. The molecule has 0 bridgehead atoms. The SMILES string of the molecule is CCN(C(=O)OC(C)(C)C)[C@H](C)c1cc(-c2nc(OCCOCCC(CCC(F)F)NC(=O)OC(C)(C)C)c3nccn3n2)c(F)cn1. The van der Waals surface area contributed by atoms with Crippen LogP contribution in [-0.4, -0.2) is 91.7 Å². The number of aromatic nitrogens is 5. The van der Waals surface area contributed by atoms with Crippen molar-refractivity contribution in [2.45, 2.75) is 104 Å². The van der Waals surface area contributed by atoms with Gasteiger partial charge in [-0.15, -0.1) is 5.10 Å². The van der Waals surface area contributed by atoms with Crippen LogP contribution >= 0.6 is 0 Å². The highest BCUT2D eigenvalue weighted by molar-refractivity contribution is 5.69. The Morgan fingerprint density at radius 2 is 1.71 bits per heavy atom. The van der Waals surface area contributed by atoms with Crippen molar-refractivity contribution in [2.24, 2.45) is 0 Å². The first-order valence-corrected chi connectivity index (χ1v) is 15.8. The molecule has 0 aromatic carbocycles. The Labute approximate surface area is 278 Å². The number of alkyl halides is 2. The van der Waals surface area contributed by atoms with Gasteiger partial charge >= 0.3 is 12.2 Å². The van der Waals surface area contributed by atoms with Gasteiger partial charge in [0.05, 0.1) is 30.1 Å². The van der Waals surface area contributed by atoms with E-state index >= 15 is 4.39 Å². The topological polar surface area (TPSA) is 142 Å². The maximum Gasteiger partial charge on any atom is 0.410 e. The highest BCUT2D eigenvalue weighted by Crippen LogP contribution is 2.28. The molecule has 266 valence electrons. The third kappa shape index (κ3) is 11.8. The summed E-state index contributed by atoms with van der Waals surface area (Å²) in [5, 5.41) is 7.02. The van der Waals surface area contributed by atoms with E-state index in [2.05, 4.69) is 25.4 Å². The molecule has 3 heterocycles. The van der Waals surface area contributed by atoms with E-state index in [1.165, 1.54) is 21.7 Å². The number of hydrogen-bond donors (Lipinski definition) is 1. The van der Waals surface area contributed by atoms with Gasteiger partial charge in [0, 0.05) is 38.0 Å². The van der Waals surface area contributed by atoms with E-state index in [1.54, 1.807) is 61.6 Å². The maximum absolute atomic E-state index is 15.1. The summed E-state index contributed by atoms with van der Waals surface area (Å²) < 4.78 is 64.4. The molecule has 1 N–H and O–H groups in total. The fraction of sp³-hybridized carbons (Fsp3) is 0.625. The van der Waals surface area contributed by atoms with Gasteiger partial charge in [-0.05, 0) is 74.3 Å². The van der Waals surface area contributed by atoms with E-state index in [1.807, 2.05) is 0 Å². The molecule has 0 aliphatic carbocycles. The van der Waals surface area contributed by atoms with E-state index in [0.717, 1.165) is 6.20 Å². The van der Waals surface area contributed by atoms with Crippen LogP contribution in [0.4, 0.5) is 22.8 Å². The Kier molecular flexibility index (Phi) is 13.3. The first-order valence-electron chi connectivity index (χ1n) is 15.8. The summed E-state index contributed by atoms with van der Waals surface area (Å²) >= 11 is 0.